The lowest BCUT2D eigenvalue weighted by Gasteiger charge is -2.22. The van der Waals surface area contributed by atoms with Crippen LogP contribution < -0.4 is 9.47 Å². The average molecular weight is 538 g/mol. The molecular weight excluding hydrogens is 510 g/mol. The number of sulfone groups is 1. The molecule has 0 N–H and O–H groups in total. The van der Waals surface area contributed by atoms with Crippen LogP contribution in [0.3, 0.4) is 0 Å². The quantitative estimate of drug-likeness (QED) is 0.333. The summed E-state index contributed by atoms with van der Waals surface area (Å²) in [5.74, 6) is 0.106. The van der Waals surface area contributed by atoms with Crippen LogP contribution in [0.25, 0.3) is 23.0 Å². The first-order valence-electron chi connectivity index (χ1n) is 12.1. The number of hydrogen-bond donors (Lipinski definition) is 0. The molecule has 0 aliphatic carbocycles. The summed E-state index contributed by atoms with van der Waals surface area (Å²) in [6.07, 6.45) is 5.00. The molecule has 2 aromatic carbocycles. The summed E-state index contributed by atoms with van der Waals surface area (Å²) in [5.41, 5.74) is 2.89. The first kappa shape index (κ1) is 25.5. The zero-order chi connectivity index (χ0) is 26.7. The zero-order valence-corrected chi connectivity index (χ0v) is 21.6. The average Bonchev–Trinajstić information content (AvgIpc) is 3.53. The monoisotopic (exact) mass is 537 g/mol. The molecule has 1 saturated heterocycles. The molecule has 1 fully saturated rings. The number of fused-ring (bicyclic) bond motifs is 1. The molecule has 2 aliphatic rings. The fourth-order valence-corrected chi connectivity index (χ4v) is 6.14. The second kappa shape index (κ2) is 10.7. The van der Waals surface area contributed by atoms with Gasteiger partial charge in [0.15, 0.2) is 27.9 Å². The Bertz CT molecular complexity index is 1480. The highest BCUT2D eigenvalue weighted by Crippen LogP contribution is 2.35. The number of aromatic nitrogens is 2. The molecule has 38 heavy (non-hydrogen) atoms. The van der Waals surface area contributed by atoms with Crippen molar-refractivity contribution in [3.05, 3.63) is 66.4 Å². The van der Waals surface area contributed by atoms with Gasteiger partial charge in [-0.3, -0.25) is 4.79 Å². The van der Waals surface area contributed by atoms with Crippen molar-refractivity contribution in [3.8, 4) is 28.4 Å². The molecular formula is C27H27N3O7S. The Kier molecular flexibility index (Phi) is 7.19. The summed E-state index contributed by atoms with van der Waals surface area (Å²) in [5, 5.41) is 4.74. The molecule has 1 aromatic heterocycles. The van der Waals surface area contributed by atoms with Gasteiger partial charge in [-0.1, -0.05) is 18.2 Å². The predicted octanol–water partition coefficient (Wildman–Crippen LogP) is 2.51. The standard InChI is InChI=1S/C27H27N3O7S/c1-29(22-11-14-38(33,34)18-22)25(31)17-37-26(32)10-8-20-16-30(21-5-3-2-4-6-21)28-27(20)19-7-9-23-24(15-19)36-13-12-35-23/h2-10,15-16,22H,11-14,17-18H2,1H3/b10-8+/t22-/m0/s1. The minimum atomic E-state index is -3.13. The van der Waals surface area contributed by atoms with Gasteiger partial charge in [0.25, 0.3) is 5.91 Å². The highest BCUT2D eigenvalue weighted by Gasteiger charge is 2.32. The number of likely N-dealkylation sites (N-methyl/N-ethyl adjacent to an activating group) is 1. The Hall–Kier alpha value is -4.12. The van der Waals surface area contributed by atoms with E-state index in [9.17, 15) is 18.0 Å². The molecule has 3 heterocycles. The Morgan fingerprint density at radius 1 is 1.13 bits per heavy atom. The summed E-state index contributed by atoms with van der Waals surface area (Å²) in [7, 11) is -1.61. The summed E-state index contributed by atoms with van der Waals surface area (Å²) >= 11 is 0. The number of hydrogen-bond acceptors (Lipinski definition) is 8. The van der Waals surface area contributed by atoms with Crippen molar-refractivity contribution in [2.75, 3.05) is 38.4 Å². The highest BCUT2D eigenvalue weighted by molar-refractivity contribution is 7.91. The van der Waals surface area contributed by atoms with E-state index in [1.165, 1.54) is 18.0 Å². The fourth-order valence-electron chi connectivity index (χ4n) is 4.36. The molecule has 0 bridgehead atoms. The lowest BCUT2D eigenvalue weighted by atomic mass is 10.1. The van der Waals surface area contributed by atoms with Gasteiger partial charge in [0.2, 0.25) is 0 Å². The van der Waals surface area contributed by atoms with Crippen molar-refractivity contribution in [3.63, 3.8) is 0 Å². The van der Waals surface area contributed by atoms with Crippen LogP contribution in [0.15, 0.2) is 60.8 Å². The van der Waals surface area contributed by atoms with E-state index < -0.39 is 34.4 Å². The molecule has 1 amide bonds. The number of rotatable bonds is 7. The molecule has 10 nitrogen and oxygen atoms in total. The van der Waals surface area contributed by atoms with Gasteiger partial charge < -0.3 is 19.1 Å². The van der Waals surface area contributed by atoms with E-state index in [0.29, 0.717) is 42.4 Å². The molecule has 198 valence electrons. The number of carbonyl (C=O) groups is 2. The van der Waals surface area contributed by atoms with Crippen LogP contribution in [0.5, 0.6) is 11.5 Å². The molecule has 2 aliphatic heterocycles. The first-order chi connectivity index (χ1) is 18.3. The minimum Gasteiger partial charge on any atom is -0.486 e. The molecule has 11 heteroatoms. The van der Waals surface area contributed by atoms with Crippen molar-refractivity contribution in [1.29, 1.82) is 0 Å². The number of amides is 1. The largest absolute Gasteiger partial charge is 0.486 e. The van der Waals surface area contributed by atoms with E-state index in [0.717, 1.165) is 11.3 Å². The van der Waals surface area contributed by atoms with Crippen molar-refractivity contribution in [2.24, 2.45) is 0 Å². The van der Waals surface area contributed by atoms with Gasteiger partial charge in [-0.15, -0.1) is 0 Å². The second-order valence-electron chi connectivity index (χ2n) is 9.07. The Morgan fingerprint density at radius 2 is 1.89 bits per heavy atom. The van der Waals surface area contributed by atoms with Crippen LogP contribution >= 0.6 is 0 Å². The topological polar surface area (TPSA) is 117 Å². The number of carbonyl (C=O) groups excluding carboxylic acids is 2. The van der Waals surface area contributed by atoms with Crippen molar-refractivity contribution < 1.29 is 32.2 Å². The van der Waals surface area contributed by atoms with Crippen LogP contribution in [0.2, 0.25) is 0 Å². The molecule has 3 aromatic rings. The maximum atomic E-state index is 12.4. The second-order valence-corrected chi connectivity index (χ2v) is 11.3. The first-order valence-corrected chi connectivity index (χ1v) is 14.0. The van der Waals surface area contributed by atoms with Crippen LogP contribution in [0.1, 0.15) is 12.0 Å². The van der Waals surface area contributed by atoms with Crippen LogP contribution in [0.4, 0.5) is 0 Å². The number of esters is 1. The smallest absolute Gasteiger partial charge is 0.331 e. The summed E-state index contributed by atoms with van der Waals surface area (Å²) < 4.78 is 41.6. The zero-order valence-electron chi connectivity index (χ0n) is 20.8. The third-order valence-corrected chi connectivity index (χ3v) is 8.22. The van der Waals surface area contributed by atoms with Crippen molar-refractivity contribution >= 4 is 27.8 Å². The molecule has 1 atom stereocenters. The van der Waals surface area contributed by atoms with Crippen LogP contribution in [-0.4, -0.2) is 79.4 Å². The summed E-state index contributed by atoms with van der Waals surface area (Å²) in [4.78, 5) is 26.2. The Morgan fingerprint density at radius 3 is 2.63 bits per heavy atom. The number of benzene rings is 2. The van der Waals surface area contributed by atoms with Crippen LogP contribution in [0, 0.1) is 0 Å². The third kappa shape index (κ3) is 5.72. The van der Waals surface area contributed by atoms with Gasteiger partial charge >= 0.3 is 5.97 Å². The Labute approximate surface area is 220 Å². The lowest BCUT2D eigenvalue weighted by molar-refractivity contribution is -0.148. The Balaban J connectivity index is 1.32. The maximum absolute atomic E-state index is 12.4. The third-order valence-electron chi connectivity index (χ3n) is 6.47. The number of ether oxygens (including phenoxy) is 3. The maximum Gasteiger partial charge on any atom is 0.331 e. The van der Waals surface area contributed by atoms with Gasteiger partial charge in [-0.2, -0.15) is 5.10 Å². The molecule has 5 rings (SSSR count). The van der Waals surface area contributed by atoms with Gasteiger partial charge in [0.05, 0.1) is 17.2 Å². The molecule has 0 unspecified atom stereocenters. The van der Waals surface area contributed by atoms with E-state index in [2.05, 4.69) is 0 Å². The van der Waals surface area contributed by atoms with Crippen LogP contribution in [-0.2, 0) is 24.2 Å². The lowest BCUT2D eigenvalue weighted by Crippen LogP contribution is -2.40. The molecule has 0 saturated carbocycles. The number of para-hydroxylation sites is 1. The van der Waals surface area contributed by atoms with Crippen molar-refractivity contribution in [2.45, 2.75) is 12.5 Å². The fraction of sp³-hybridized carbons (Fsp3) is 0.296. The summed E-state index contributed by atoms with van der Waals surface area (Å²) in [6, 6.07) is 14.7. The van der Waals surface area contributed by atoms with Crippen molar-refractivity contribution in [1.82, 2.24) is 14.7 Å². The molecule has 0 spiro atoms. The van der Waals surface area contributed by atoms with E-state index in [-0.39, 0.29) is 11.5 Å². The van der Waals surface area contributed by atoms with E-state index >= 15 is 0 Å². The van der Waals surface area contributed by atoms with Gasteiger partial charge in [0, 0.05) is 36.5 Å². The van der Waals surface area contributed by atoms with E-state index in [1.54, 1.807) is 17.0 Å². The minimum absolute atomic E-state index is 0.0557. The molecule has 0 radical (unpaired) electrons. The van der Waals surface area contributed by atoms with E-state index in [1.807, 2.05) is 48.5 Å². The van der Waals surface area contributed by atoms with Gasteiger partial charge in [0.1, 0.15) is 18.9 Å². The summed E-state index contributed by atoms with van der Waals surface area (Å²) in [6.45, 7) is 0.468. The SMILES string of the molecule is CN(C(=O)COC(=O)/C=C/c1cn(-c2ccccc2)nc1-c1ccc2c(c1)OCCO2)[C@H]1CCS(=O)(=O)C1. The van der Waals surface area contributed by atoms with Gasteiger partial charge in [-0.25, -0.2) is 17.9 Å². The number of nitrogens with zero attached hydrogens (tertiary/aromatic N) is 3. The van der Waals surface area contributed by atoms with Gasteiger partial charge in [-0.05, 0) is 42.8 Å². The predicted molar refractivity (Wildman–Crippen MR) is 140 cm³/mol. The highest BCUT2D eigenvalue weighted by atomic mass is 32.2. The van der Waals surface area contributed by atoms with E-state index in [4.69, 9.17) is 19.3 Å². The normalized spacial score (nSPS) is 17.9.